The molecular formula is C10H9NO2. The number of ether oxygens (including phenoxy) is 2. The summed E-state index contributed by atoms with van der Waals surface area (Å²) in [6.45, 7) is -1.36. The van der Waals surface area contributed by atoms with E-state index in [2.05, 4.69) is 0 Å². The molecule has 0 radical (unpaired) electrons. The Labute approximate surface area is 85.8 Å². The van der Waals surface area contributed by atoms with E-state index in [4.69, 9.17) is 19.2 Å². The molecule has 0 aromatic rings. The Bertz CT molecular complexity index is 634. The summed E-state index contributed by atoms with van der Waals surface area (Å²) in [5.74, 6) is -0.113. The molecule has 0 saturated carbocycles. The summed E-state index contributed by atoms with van der Waals surface area (Å²) in [5.41, 5.74) is -0.133. The van der Waals surface area contributed by atoms with Gasteiger partial charge < -0.3 is 15.2 Å². The molecule has 66 valence electrons. The zero-order chi connectivity index (χ0) is 14.8. The summed E-state index contributed by atoms with van der Waals surface area (Å²) in [4.78, 5) is 0. The van der Waals surface area contributed by atoms with Gasteiger partial charge in [-0.15, -0.1) is 0 Å². The molecule has 2 atom stereocenters. The Kier molecular flexibility index (Phi) is 0.495. The maximum Gasteiger partial charge on any atom is 0.230 e. The minimum absolute atomic E-state index is 0.00838. The molecular weight excluding hydrogens is 166 g/mol. The van der Waals surface area contributed by atoms with E-state index in [1.807, 2.05) is 0 Å². The van der Waals surface area contributed by atoms with Gasteiger partial charge in [-0.2, -0.15) is 0 Å². The van der Waals surface area contributed by atoms with E-state index in [1.54, 1.807) is 0 Å². The highest BCUT2D eigenvalue weighted by Crippen LogP contribution is 2.36. The lowest BCUT2D eigenvalue weighted by Crippen LogP contribution is -1.96. The van der Waals surface area contributed by atoms with E-state index in [0.29, 0.717) is 0 Å². The largest absolute Gasteiger partial charge is 0.458 e. The first-order chi connectivity index (χ1) is 9.34. The fourth-order valence-electron chi connectivity index (χ4n) is 1.28. The van der Waals surface area contributed by atoms with E-state index in [0.717, 1.165) is 0 Å². The SMILES string of the molecule is [2H]C1=C2C([2H])=C(N([2H])[2H])C([2H])=C2C([2H])C2=C1OC([2H])O2. The van der Waals surface area contributed by atoms with Crippen LogP contribution < -0.4 is 5.72 Å². The minimum Gasteiger partial charge on any atom is -0.458 e. The molecule has 1 heterocycles. The van der Waals surface area contributed by atoms with Gasteiger partial charge >= 0.3 is 0 Å². The number of fused-ring (bicyclic) bond motifs is 1. The van der Waals surface area contributed by atoms with Crippen molar-refractivity contribution in [2.24, 2.45) is 5.72 Å². The average Bonchev–Trinajstić information content (AvgIpc) is 2.85. The van der Waals surface area contributed by atoms with Crippen molar-refractivity contribution < 1.29 is 19.2 Å². The smallest absolute Gasteiger partial charge is 0.230 e. The highest BCUT2D eigenvalue weighted by molar-refractivity contribution is 5.57. The summed E-state index contributed by atoms with van der Waals surface area (Å²) in [6.07, 6.45) is -1.20. The molecule has 0 aromatic heterocycles. The molecule has 0 spiro atoms. The second kappa shape index (κ2) is 2.19. The van der Waals surface area contributed by atoms with Crippen LogP contribution in [0, 0.1) is 0 Å². The van der Waals surface area contributed by atoms with Gasteiger partial charge in [0.2, 0.25) is 6.77 Å². The van der Waals surface area contributed by atoms with Crippen molar-refractivity contribution in [3.05, 3.63) is 46.5 Å². The lowest BCUT2D eigenvalue weighted by Gasteiger charge is -2.10. The third-order valence-electron chi connectivity index (χ3n) is 1.84. The fraction of sp³-hybridized carbons (Fsp3) is 0.200. The Hall–Kier alpha value is -1.64. The van der Waals surface area contributed by atoms with Gasteiger partial charge in [-0.3, -0.25) is 0 Å². The summed E-state index contributed by atoms with van der Waals surface area (Å²) in [5, 5.41) is 0. The fourth-order valence-corrected chi connectivity index (χ4v) is 1.28. The third kappa shape index (κ3) is 0.900. The van der Waals surface area contributed by atoms with Crippen LogP contribution in [0.25, 0.3) is 0 Å². The first kappa shape index (κ1) is 2.94. The molecule has 0 fully saturated rings. The Morgan fingerprint density at radius 3 is 3.38 bits per heavy atom. The molecule has 2 unspecified atom stereocenters. The monoisotopic (exact) mass is 182 g/mol. The van der Waals surface area contributed by atoms with Crippen LogP contribution in [-0.2, 0) is 9.47 Å². The number of nitrogens with two attached hydrogens (primary N) is 1. The van der Waals surface area contributed by atoms with Crippen molar-refractivity contribution in [3.63, 3.8) is 0 Å². The molecule has 2 aliphatic carbocycles. The summed E-state index contributed by atoms with van der Waals surface area (Å²) in [7, 11) is 0. The third-order valence-corrected chi connectivity index (χ3v) is 1.84. The highest BCUT2D eigenvalue weighted by Gasteiger charge is 2.25. The average molecular weight is 182 g/mol. The molecule has 1 aliphatic heterocycles. The van der Waals surface area contributed by atoms with Crippen molar-refractivity contribution in [2.45, 2.75) is 6.40 Å². The van der Waals surface area contributed by atoms with E-state index in [-0.39, 0.29) is 52.2 Å². The lowest BCUT2D eigenvalue weighted by atomic mass is 9.99. The topological polar surface area (TPSA) is 44.5 Å². The molecule has 3 rings (SSSR count). The Balaban J connectivity index is 2.22. The molecule has 2 N–H and O–H groups in total. The zero-order valence-corrected chi connectivity index (χ0v) is 6.42. The molecule has 0 amide bonds. The van der Waals surface area contributed by atoms with Crippen LogP contribution in [0.2, 0.25) is 2.82 Å². The van der Waals surface area contributed by atoms with Gasteiger partial charge in [0.1, 0.15) is 7.13 Å². The lowest BCUT2D eigenvalue weighted by molar-refractivity contribution is 0.0736. The molecule has 13 heavy (non-hydrogen) atoms. The highest BCUT2D eigenvalue weighted by atomic mass is 16.7. The first-order valence-electron chi connectivity index (χ1n) is 7.23. The predicted octanol–water partition coefficient (Wildman–Crippen LogP) is 1.32. The summed E-state index contributed by atoms with van der Waals surface area (Å²) >= 11 is 0. The number of rotatable bonds is 1. The van der Waals surface area contributed by atoms with E-state index >= 15 is 0 Å². The van der Waals surface area contributed by atoms with Crippen molar-refractivity contribution in [2.75, 3.05) is 6.77 Å². The van der Waals surface area contributed by atoms with Gasteiger partial charge in [-0.1, -0.05) is 0 Å². The van der Waals surface area contributed by atoms with E-state index in [1.165, 1.54) is 0 Å². The van der Waals surface area contributed by atoms with Gasteiger partial charge in [0.05, 0.1) is 4.11 Å². The van der Waals surface area contributed by atoms with Gasteiger partial charge in [-0.25, -0.2) is 0 Å². The minimum atomic E-state index is -1.36. The number of hydrogen-bond donors (Lipinski definition) is 1. The standard InChI is InChI=1S/C10H9NO2/c11-8-1-6-3-9-10(13-5-12-9)4-7(6)2-8/h1-3H,4-5,11H2/i1D,2D,3D,4D,5D/hD2. The van der Waals surface area contributed by atoms with Crippen molar-refractivity contribution in [1.82, 2.24) is 0 Å². The van der Waals surface area contributed by atoms with Crippen LogP contribution in [0.1, 0.15) is 13.3 Å². The van der Waals surface area contributed by atoms with Crippen LogP contribution in [-0.4, -0.2) is 6.77 Å². The maximum absolute atomic E-state index is 8.07. The van der Waals surface area contributed by atoms with Gasteiger partial charge in [0, 0.05) is 13.5 Å². The molecule has 3 aliphatic rings. The van der Waals surface area contributed by atoms with Crippen molar-refractivity contribution in [1.29, 1.82) is 0 Å². The van der Waals surface area contributed by atoms with E-state index in [9.17, 15) is 0 Å². The molecule has 0 saturated heterocycles. The first-order valence-corrected chi connectivity index (χ1v) is 3.68. The molecule has 0 bridgehead atoms. The number of allylic oxidation sites excluding steroid dienone is 5. The van der Waals surface area contributed by atoms with Crippen molar-refractivity contribution in [3.8, 4) is 0 Å². The molecule has 3 heteroatoms. The van der Waals surface area contributed by atoms with Gasteiger partial charge in [0.25, 0.3) is 0 Å². The Morgan fingerprint density at radius 2 is 2.46 bits per heavy atom. The van der Waals surface area contributed by atoms with E-state index < -0.39 is 13.2 Å². The predicted molar refractivity (Wildman–Crippen MR) is 47.1 cm³/mol. The number of hydrogen-bond acceptors (Lipinski definition) is 3. The summed E-state index contributed by atoms with van der Waals surface area (Å²) < 4.78 is 63.7. The van der Waals surface area contributed by atoms with Crippen LogP contribution in [0.4, 0.5) is 0 Å². The second-order valence-corrected chi connectivity index (χ2v) is 2.68. The van der Waals surface area contributed by atoms with Crippen LogP contribution in [0.3, 0.4) is 0 Å². The maximum atomic E-state index is 8.07. The van der Waals surface area contributed by atoms with Gasteiger partial charge in [0.15, 0.2) is 8.58 Å². The van der Waals surface area contributed by atoms with Crippen LogP contribution in [0.15, 0.2) is 46.5 Å². The molecule has 3 nitrogen and oxygen atoms in total. The van der Waals surface area contributed by atoms with Crippen LogP contribution >= 0.6 is 0 Å². The Morgan fingerprint density at radius 1 is 1.46 bits per heavy atom. The normalized spacial score (nSPS) is 44.8. The van der Waals surface area contributed by atoms with Crippen LogP contribution in [0.5, 0.6) is 0 Å². The second-order valence-electron chi connectivity index (χ2n) is 2.68. The quantitative estimate of drug-likeness (QED) is 0.665. The van der Waals surface area contributed by atoms with Crippen molar-refractivity contribution >= 4 is 0 Å². The van der Waals surface area contributed by atoms with Gasteiger partial charge in [-0.05, 0) is 29.3 Å². The summed E-state index contributed by atoms with van der Waals surface area (Å²) in [6, 6.07) is -0.899. The molecule has 0 aromatic carbocycles. The zero-order valence-electron chi connectivity index (χ0n) is 13.4.